The molecule has 0 amide bonds. The second-order valence-electron chi connectivity index (χ2n) is 3.80. The average Bonchev–Trinajstić information content (AvgIpc) is 2.38. The maximum atomic E-state index is 8.70. The Bertz CT molecular complexity index is 538. The molecule has 0 unspecified atom stereocenters. The number of anilines is 1. The van der Waals surface area contributed by atoms with Crippen molar-refractivity contribution in [3.05, 3.63) is 59.4 Å². The van der Waals surface area contributed by atoms with Gasteiger partial charge in [0.1, 0.15) is 0 Å². The third-order valence-electron chi connectivity index (χ3n) is 2.57. The van der Waals surface area contributed by atoms with E-state index in [9.17, 15) is 0 Å². The van der Waals surface area contributed by atoms with Crippen LogP contribution < -0.4 is 5.32 Å². The Kier molecular flexibility index (Phi) is 3.37. The highest BCUT2D eigenvalue weighted by molar-refractivity contribution is 5.47. The van der Waals surface area contributed by atoms with Gasteiger partial charge < -0.3 is 5.32 Å². The average molecular weight is 223 g/mol. The minimum Gasteiger partial charge on any atom is -0.380 e. The summed E-state index contributed by atoms with van der Waals surface area (Å²) in [6, 6.07) is 13.6. The lowest BCUT2D eigenvalue weighted by molar-refractivity contribution is 1.11. The highest BCUT2D eigenvalue weighted by Crippen LogP contribution is 2.12. The van der Waals surface area contributed by atoms with E-state index in [4.69, 9.17) is 5.26 Å². The molecule has 0 bridgehead atoms. The first-order valence-electron chi connectivity index (χ1n) is 5.44. The first-order chi connectivity index (χ1) is 8.29. The maximum Gasteiger partial charge on any atom is 0.0991 e. The minimum atomic E-state index is 0.686. The molecule has 1 aromatic heterocycles. The van der Waals surface area contributed by atoms with Crippen LogP contribution in [-0.4, -0.2) is 4.98 Å². The fourth-order valence-corrected chi connectivity index (χ4v) is 1.57. The van der Waals surface area contributed by atoms with Crippen LogP contribution in [0.3, 0.4) is 0 Å². The zero-order valence-corrected chi connectivity index (χ0v) is 9.64. The number of nitriles is 1. The van der Waals surface area contributed by atoms with Crippen LogP contribution in [0.5, 0.6) is 0 Å². The molecule has 0 radical (unpaired) electrons. The lowest BCUT2D eigenvalue weighted by Crippen LogP contribution is -2.01. The molecule has 1 N–H and O–H groups in total. The summed E-state index contributed by atoms with van der Waals surface area (Å²) in [6.45, 7) is 2.71. The molecule has 3 nitrogen and oxygen atoms in total. The van der Waals surface area contributed by atoms with Crippen molar-refractivity contribution in [1.82, 2.24) is 4.98 Å². The smallest absolute Gasteiger partial charge is 0.0991 e. The topological polar surface area (TPSA) is 48.7 Å². The fourth-order valence-electron chi connectivity index (χ4n) is 1.57. The molecule has 3 heteroatoms. The van der Waals surface area contributed by atoms with E-state index in [0.29, 0.717) is 5.56 Å². The highest BCUT2D eigenvalue weighted by atomic mass is 14.9. The number of hydrogen-bond donors (Lipinski definition) is 1. The van der Waals surface area contributed by atoms with Crippen LogP contribution in [-0.2, 0) is 6.54 Å². The largest absolute Gasteiger partial charge is 0.380 e. The zero-order valence-electron chi connectivity index (χ0n) is 9.64. The number of hydrogen-bond acceptors (Lipinski definition) is 3. The van der Waals surface area contributed by atoms with Crippen molar-refractivity contribution in [3.63, 3.8) is 0 Å². The van der Waals surface area contributed by atoms with E-state index in [0.717, 1.165) is 23.5 Å². The molecule has 0 aliphatic heterocycles. The fraction of sp³-hybridized carbons (Fsp3) is 0.143. The molecule has 1 aromatic carbocycles. The van der Waals surface area contributed by atoms with Crippen LogP contribution in [0.2, 0.25) is 0 Å². The molecule has 0 atom stereocenters. The van der Waals surface area contributed by atoms with Gasteiger partial charge in [-0.1, -0.05) is 12.1 Å². The van der Waals surface area contributed by atoms with E-state index in [-0.39, 0.29) is 0 Å². The van der Waals surface area contributed by atoms with Gasteiger partial charge in [0, 0.05) is 12.7 Å². The number of rotatable bonds is 3. The second kappa shape index (κ2) is 5.13. The lowest BCUT2D eigenvalue weighted by Gasteiger charge is -2.08. The van der Waals surface area contributed by atoms with Gasteiger partial charge >= 0.3 is 0 Å². The van der Waals surface area contributed by atoms with Crippen LogP contribution >= 0.6 is 0 Å². The molecule has 0 fully saturated rings. The van der Waals surface area contributed by atoms with Gasteiger partial charge in [-0.05, 0) is 36.8 Å². The summed E-state index contributed by atoms with van der Waals surface area (Å²) in [7, 11) is 0. The molecule has 17 heavy (non-hydrogen) atoms. The predicted molar refractivity (Wildman–Crippen MR) is 67.5 cm³/mol. The third kappa shape index (κ3) is 2.82. The van der Waals surface area contributed by atoms with Gasteiger partial charge in [0.05, 0.1) is 23.0 Å². The van der Waals surface area contributed by atoms with Gasteiger partial charge in [-0.3, -0.25) is 4.98 Å². The lowest BCUT2D eigenvalue weighted by atomic mass is 10.1. The summed E-state index contributed by atoms with van der Waals surface area (Å²) in [4.78, 5) is 4.21. The summed E-state index contributed by atoms with van der Waals surface area (Å²) in [6.07, 6.45) is 1.78. The Morgan fingerprint density at radius 3 is 2.65 bits per heavy atom. The number of aromatic nitrogens is 1. The molecular formula is C14H13N3. The maximum absolute atomic E-state index is 8.70. The molecular weight excluding hydrogens is 210 g/mol. The first kappa shape index (κ1) is 11.2. The van der Waals surface area contributed by atoms with Crippen LogP contribution in [0, 0.1) is 18.3 Å². The Labute approximate surface area is 101 Å². The molecule has 0 saturated carbocycles. The highest BCUT2D eigenvalue weighted by Gasteiger charge is 1.98. The van der Waals surface area contributed by atoms with Gasteiger partial charge in [-0.2, -0.15) is 5.26 Å². The summed E-state index contributed by atoms with van der Waals surface area (Å²) >= 11 is 0. The molecule has 0 spiro atoms. The molecule has 0 aliphatic rings. The molecule has 0 saturated heterocycles. The van der Waals surface area contributed by atoms with Crippen LogP contribution in [0.25, 0.3) is 0 Å². The monoisotopic (exact) mass is 223 g/mol. The van der Waals surface area contributed by atoms with Crippen molar-refractivity contribution in [2.75, 3.05) is 5.32 Å². The van der Waals surface area contributed by atoms with Gasteiger partial charge in [0.2, 0.25) is 0 Å². The Balaban J connectivity index is 2.03. The van der Waals surface area contributed by atoms with Crippen molar-refractivity contribution < 1.29 is 0 Å². The van der Waals surface area contributed by atoms with Crippen molar-refractivity contribution >= 4 is 5.69 Å². The molecule has 1 heterocycles. The minimum absolute atomic E-state index is 0.686. The number of aryl methyl sites for hydroxylation is 1. The van der Waals surface area contributed by atoms with E-state index in [1.165, 1.54) is 0 Å². The summed E-state index contributed by atoms with van der Waals surface area (Å²) < 4.78 is 0. The van der Waals surface area contributed by atoms with Crippen molar-refractivity contribution in [3.8, 4) is 6.07 Å². The summed E-state index contributed by atoms with van der Waals surface area (Å²) in [5.41, 5.74) is 3.86. The van der Waals surface area contributed by atoms with E-state index in [2.05, 4.69) is 16.4 Å². The normalized spacial score (nSPS) is 9.65. The number of pyridine rings is 1. The number of nitrogens with zero attached hydrogens (tertiary/aromatic N) is 2. The van der Waals surface area contributed by atoms with Crippen LogP contribution in [0.4, 0.5) is 5.69 Å². The van der Waals surface area contributed by atoms with Gasteiger partial charge in [0.25, 0.3) is 0 Å². The quantitative estimate of drug-likeness (QED) is 0.870. The Morgan fingerprint density at radius 1 is 1.24 bits per heavy atom. The SMILES string of the molecule is Cc1ncccc1NCc1ccc(C#N)cc1. The van der Waals surface area contributed by atoms with Gasteiger partial charge in [-0.25, -0.2) is 0 Å². The van der Waals surface area contributed by atoms with Gasteiger partial charge in [-0.15, -0.1) is 0 Å². The zero-order chi connectivity index (χ0) is 12.1. The Morgan fingerprint density at radius 2 is 2.00 bits per heavy atom. The van der Waals surface area contributed by atoms with Crippen LogP contribution in [0.15, 0.2) is 42.6 Å². The molecule has 2 rings (SSSR count). The van der Waals surface area contributed by atoms with Crippen molar-refractivity contribution in [2.45, 2.75) is 13.5 Å². The van der Waals surface area contributed by atoms with E-state index in [1.807, 2.05) is 43.3 Å². The predicted octanol–water partition coefficient (Wildman–Crippen LogP) is 2.87. The summed E-state index contributed by atoms with van der Waals surface area (Å²) in [5, 5.41) is 12.0. The van der Waals surface area contributed by atoms with E-state index < -0.39 is 0 Å². The molecule has 84 valence electrons. The third-order valence-corrected chi connectivity index (χ3v) is 2.57. The van der Waals surface area contributed by atoms with E-state index >= 15 is 0 Å². The standard InChI is InChI=1S/C14H13N3/c1-11-14(3-2-8-16-11)17-10-13-6-4-12(9-15)5-7-13/h2-8,17H,10H2,1H3. The van der Waals surface area contributed by atoms with E-state index in [1.54, 1.807) is 6.20 Å². The second-order valence-corrected chi connectivity index (χ2v) is 3.80. The van der Waals surface area contributed by atoms with Crippen molar-refractivity contribution in [2.24, 2.45) is 0 Å². The molecule has 2 aromatic rings. The van der Waals surface area contributed by atoms with Crippen LogP contribution in [0.1, 0.15) is 16.8 Å². The van der Waals surface area contributed by atoms with Crippen molar-refractivity contribution in [1.29, 1.82) is 5.26 Å². The number of benzene rings is 1. The molecule has 0 aliphatic carbocycles. The van der Waals surface area contributed by atoms with Gasteiger partial charge in [0.15, 0.2) is 0 Å². The number of nitrogens with one attached hydrogen (secondary N) is 1. The first-order valence-corrected chi connectivity index (χ1v) is 5.44. The summed E-state index contributed by atoms with van der Waals surface area (Å²) in [5.74, 6) is 0. The Hall–Kier alpha value is -2.34.